The van der Waals surface area contributed by atoms with Crippen molar-refractivity contribution < 1.29 is 14.3 Å². The lowest BCUT2D eigenvalue weighted by molar-refractivity contribution is -0.113. The number of thioether (sulfide) groups is 1. The Labute approximate surface area is 120 Å². The summed E-state index contributed by atoms with van der Waals surface area (Å²) in [6.07, 6.45) is 3.36. The van der Waals surface area contributed by atoms with Gasteiger partial charge in [-0.3, -0.25) is 4.79 Å². The van der Waals surface area contributed by atoms with Gasteiger partial charge in [0.05, 0.1) is 20.0 Å². The van der Waals surface area contributed by atoms with Crippen molar-refractivity contribution in [3.8, 4) is 11.5 Å². The van der Waals surface area contributed by atoms with Gasteiger partial charge in [-0.1, -0.05) is 11.8 Å². The van der Waals surface area contributed by atoms with E-state index in [-0.39, 0.29) is 11.7 Å². The fourth-order valence-corrected chi connectivity index (χ4v) is 2.20. The molecule has 106 valence electrons. The normalized spacial score (nSPS) is 10.1. The molecule has 7 heteroatoms. The predicted octanol–water partition coefficient (Wildman–Crippen LogP) is 2.16. The molecule has 1 aromatic heterocycles. The first-order valence-corrected chi connectivity index (χ1v) is 6.85. The number of imidazole rings is 1. The van der Waals surface area contributed by atoms with Crippen LogP contribution < -0.4 is 14.8 Å². The Morgan fingerprint density at radius 3 is 2.80 bits per heavy atom. The average molecular weight is 293 g/mol. The molecule has 0 radical (unpaired) electrons. The van der Waals surface area contributed by atoms with Crippen LogP contribution >= 0.6 is 11.8 Å². The molecule has 0 spiro atoms. The number of aromatic amines is 1. The molecule has 20 heavy (non-hydrogen) atoms. The molecular weight excluding hydrogens is 278 g/mol. The van der Waals surface area contributed by atoms with Crippen LogP contribution in [0.5, 0.6) is 11.5 Å². The van der Waals surface area contributed by atoms with Crippen molar-refractivity contribution in [3.63, 3.8) is 0 Å². The first-order valence-electron chi connectivity index (χ1n) is 5.87. The fraction of sp³-hybridized carbons (Fsp3) is 0.231. The van der Waals surface area contributed by atoms with Gasteiger partial charge in [-0.15, -0.1) is 0 Å². The highest BCUT2D eigenvalue weighted by Gasteiger charge is 2.08. The van der Waals surface area contributed by atoms with Crippen LogP contribution in [0, 0.1) is 0 Å². The zero-order valence-electron chi connectivity index (χ0n) is 11.2. The molecule has 1 aromatic carbocycles. The first-order chi connectivity index (χ1) is 9.72. The van der Waals surface area contributed by atoms with Crippen LogP contribution in [-0.2, 0) is 4.79 Å². The third-order valence-electron chi connectivity index (χ3n) is 2.48. The summed E-state index contributed by atoms with van der Waals surface area (Å²) in [6, 6.07) is 5.22. The van der Waals surface area contributed by atoms with Gasteiger partial charge in [0.15, 0.2) is 16.7 Å². The molecule has 0 unspecified atom stereocenters. The number of anilines is 1. The molecule has 0 saturated heterocycles. The summed E-state index contributed by atoms with van der Waals surface area (Å²) in [5, 5.41) is 3.51. The zero-order valence-corrected chi connectivity index (χ0v) is 12.0. The molecule has 0 bridgehead atoms. The fourth-order valence-electron chi connectivity index (χ4n) is 1.57. The maximum Gasteiger partial charge on any atom is 0.234 e. The Morgan fingerprint density at radius 1 is 1.35 bits per heavy atom. The number of hydrogen-bond acceptors (Lipinski definition) is 5. The summed E-state index contributed by atoms with van der Waals surface area (Å²) in [4.78, 5) is 18.8. The Morgan fingerprint density at radius 2 is 2.15 bits per heavy atom. The van der Waals surface area contributed by atoms with E-state index in [1.807, 2.05) is 0 Å². The van der Waals surface area contributed by atoms with Crippen molar-refractivity contribution in [1.29, 1.82) is 0 Å². The van der Waals surface area contributed by atoms with Crippen LogP contribution in [0.4, 0.5) is 5.69 Å². The van der Waals surface area contributed by atoms with E-state index in [9.17, 15) is 4.79 Å². The highest BCUT2D eigenvalue weighted by atomic mass is 32.2. The molecule has 0 atom stereocenters. The van der Waals surface area contributed by atoms with E-state index < -0.39 is 0 Å². The Balaban J connectivity index is 1.93. The van der Waals surface area contributed by atoms with Crippen LogP contribution in [0.2, 0.25) is 0 Å². The largest absolute Gasteiger partial charge is 0.493 e. The monoisotopic (exact) mass is 293 g/mol. The van der Waals surface area contributed by atoms with Gasteiger partial charge in [-0.05, 0) is 12.1 Å². The van der Waals surface area contributed by atoms with Gasteiger partial charge in [-0.25, -0.2) is 4.98 Å². The summed E-state index contributed by atoms with van der Waals surface area (Å²) in [6.45, 7) is 0. The second-order valence-electron chi connectivity index (χ2n) is 3.80. The Bertz CT molecular complexity index is 572. The number of nitrogens with one attached hydrogen (secondary N) is 2. The SMILES string of the molecule is COc1ccc(NC(=O)CSc2ncc[nH]2)cc1OC. The third kappa shape index (κ3) is 3.67. The molecule has 2 aromatic rings. The van der Waals surface area contributed by atoms with Gasteiger partial charge in [0, 0.05) is 24.1 Å². The first kappa shape index (κ1) is 14.3. The number of methoxy groups -OCH3 is 2. The van der Waals surface area contributed by atoms with Gasteiger partial charge >= 0.3 is 0 Å². The van der Waals surface area contributed by atoms with E-state index >= 15 is 0 Å². The van der Waals surface area contributed by atoms with E-state index in [0.717, 1.165) is 0 Å². The Kier molecular flexibility index (Phi) is 4.89. The number of nitrogens with zero attached hydrogens (tertiary/aromatic N) is 1. The van der Waals surface area contributed by atoms with Gasteiger partial charge in [-0.2, -0.15) is 0 Å². The molecule has 0 saturated carbocycles. The minimum absolute atomic E-state index is 0.112. The molecule has 2 rings (SSSR count). The summed E-state index contributed by atoms with van der Waals surface area (Å²) < 4.78 is 10.3. The molecule has 1 amide bonds. The molecule has 2 N–H and O–H groups in total. The summed E-state index contributed by atoms with van der Waals surface area (Å²) in [5.41, 5.74) is 0.660. The van der Waals surface area contributed by atoms with Crippen molar-refractivity contribution in [2.75, 3.05) is 25.3 Å². The molecule has 0 aliphatic rings. The van der Waals surface area contributed by atoms with Gasteiger partial charge in [0.1, 0.15) is 0 Å². The van der Waals surface area contributed by atoms with Crippen LogP contribution in [0.1, 0.15) is 0 Å². The maximum absolute atomic E-state index is 11.8. The topological polar surface area (TPSA) is 76.2 Å². The van der Waals surface area contributed by atoms with E-state index in [2.05, 4.69) is 15.3 Å². The van der Waals surface area contributed by atoms with E-state index in [1.165, 1.54) is 11.8 Å². The smallest absolute Gasteiger partial charge is 0.234 e. The minimum atomic E-state index is -0.112. The van der Waals surface area contributed by atoms with E-state index in [1.54, 1.807) is 44.8 Å². The number of rotatable bonds is 6. The van der Waals surface area contributed by atoms with Crippen molar-refractivity contribution in [2.24, 2.45) is 0 Å². The van der Waals surface area contributed by atoms with Crippen molar-refractivity contribution in [1.82, 2.24) is 9.97 Å². The van der Waals surface area contributed by atoms with Crippen molar-refractivity contribution >= 4 is 23.4 Å². The van der Waals surface area contributed by atoms with Gasteiger partial charge in [0.2, 0.25) is 5.91 Å². The maximum atomic E-state index is 11.8. The second kappa shape index (κ2) is 6.85. The average Bonchev–Trinajstić information content (AvgIpc) is 2.98. The summed E-state index contributed by atoms with van der Waals surface area (Å²) >= 11 is 1.34. The lowest BCUT2D eigenvalue weighted by Crippen LogP contribution is -2.14. The van der Waals surface area contributed by atoms with E-state index in [4.69, 9.17) is 9.47 Å². The molecule has 0 aliphatic heterocycles. The lowest BCUT2D eigenvalue weighted by Gasteiger charge is -2.10. The van der Waals surface area contributed by atoms with Gasteiger partial charge < -0.3 is 19.8 Å². The number of ether oxygens (including phenoxy) is 2. The number of H-pyrrole nitrogens is 1. The molecule has 6 nitrogen and oxygen atoms in total. The number of amides is 1. The molecular formula is C13H15N3O3S. The highest BCUT2D eigenvalue weighted by molar-refractivity contribution is 7.99. The number of aromatic nitrogens is 2. The minimum Gasteiger partial charge on any atom is -0.493 e. The molecule has 0 aliphatic carbocycles. The van der Waals surface area contributed by atoms with Crippen LogP contribution in [0.25, 0.3) is 0 Å². The summed E-state index contributed by atoms with van der Waals surface area (Å²) in [5.74, 6) is 1.36. The van der Waals surface area contributed by atoms with E-state index in [0.29, 0.717) is 22.3 Å². The van der Waals surface area contributed by atoms with Crippen LogP contribution in [0.15, 0.2) is 35.7 Å². The number of benzene rings is 1. The zero-order chi connectivity index (χ0) is 14.4. The van der Waals surface area contributed by atoms with Crippen molar-refractivity contribution in [2.45, 2.75) is 5.16 Å². The molecule has 1 heterocycles. The highest BCUT2D eigenvalue weighted by Crippen LogP contribution is 2.29. The summed E-state index contributed by atoms with van der Waals surface area (Å²) in [7, 11) is 3.12. The lowest BCUT2D eigenvalue weighted by atomic mass is 10.2. The predicted molar refractivity (Wildman–Crippen MR) is 77.5 cm³/mol. The molecule has 0 fully saturated rings. The quantitative estimate of drug-likeness (QED) is 0.798. The second-order valence-corrected chi connectivity index (χ2v) is 4.76. The number of hydrogen-bond donors (Lipinski definition) is 2. The van der Waals surface area contributed by atoms with Crippen molar-refractivity contribution in [3.05, 3.63) is 30.6 Å². The standard InChI is InChI=1S/C13H15N3O3S/c1-18-10-4-3-9(7-11(10)19-2)16-12(17)8-20-13-14-5-6-15-13/h3-7H,8H2,1-2H3,(H,14,15)(H,16,17). The number of carbonyl (C=O) groups excluding carboxylic acids is 1. The Hall–Kier alpha value is -2.15. The van der Waals surface area contributed by atoms with Crippen LogP contribution in [-0.4, -0.2) is 35.8 Å². The van der Waals surface area contributed by atoms with Crippen LogP contribution in [0.3, 0.4) is 0 Å². The van der Waals surface area contributed by atoms with Gasteiger partial charge in [0.25, 0.3) is 0 Å². The third-order valence-corrected chi connectivity index (χ3v) is 3.38. The number of carbonyl (C=O) groups is 1.